The Balaban J connectivity index is 1.88. The number of aryl methyl sites for hydroxylation is 2. The van der Waals surface area contributed by atoms with E-state index in [2.05, 4.69) is 16.5 Å². The van der Waals surface area contributed by atoms with E-state index in [0.29, 0.717) is 0 Å². The highest BCUT2D eigenvalue weighted by Crippen LogP contribution is 2.25. The maximum Gasteiger partial charge on any atom is 0.148 e. The fourth-order valence-corrected chi connectivity index (χ4v) is 2.13. The summed E-state index contributed by atoms with van der Waals surface area (Å²) in [7, 11) is 1.91. The number of para-hydroxylation sites is 1. The van der Waals surface area contributed by atoms with Crippen LogP contribution in [0.1, 0.15) is 11.3 Å². The lowest BCUT2D eigenvalue weighted by molar-refractivity contribution is 0.573. The summed E-state index contributed by atoms with van der Waals surface area (Å²) in [5.74, 6) is 1.84. The normalized spacial score (nSPS) is 11.0. The average molecular weight is 241 g/mol. The van der Waals surface area contributed by atoms with E-state index in [1.165, 1.54) is 10.9 Å². The zero-order valence-corrected chi connectivity index (χ0v) is 10.5. The van der Waals surface area contributed by atoms with E-state index >= 15 is 0 Å². The predicted octanol–water partition coefficient (Wildman–Crippen LogP) is 3.09. The van der Waals surface area contributed by atoms with Gasteiger partial charge in [0, 0.05) is 36.8 Å². The molecule has 0 amide bonds. The van der Waals surface area contributed by atoms with Gasteiger partial charge in [0.25, 0.3) is 0 Å². The Hall–Kier alpha value is -2.23. The first-order valence-corrected chi connectivity index (χ1v) is 5.94. The van der Waals surface area contributed by atoms with Crippen molar-refractivity contribution in [3.05, 3.63) is 47.9 Å². The van der Waals surface area contributed by atoms with Gasteiger partial charge in [-0.25, -0.2) is 0 Å². The van der Waals surface area contributed by atoms with Crippen molar-refractivity contribution in [2.24, 2.45) is 7.05 Å². The van der Waals surface area contributed by atoms with E-state index in [1.807, 2.05) is 44.4 Å². The first kappa shape index (κ1) is 10.9. The van der Waals surface area contributed by atoms with Crippen LogP contribution >= 0.6 is 0 Å². The lowest BCUT2D eigenvalue weighted by Crippen LogP contribution is -2.01. The van der Waals surface area contributed by atoms with Crippen LogP contribution in [0.25, 0.3) is 11.0 Å². The molecule has 0 saturated carbocycles. The molecule has 0 radical (unpaired) electrons. The zero-order chi connectivity index (χ0) is 12.5. The second kappa shape index (κ2) is 4.22. The van der Waals surface area contributed by atoms with Crippen molar-refractivity contribution in [3.63, 3.8) is 0 Å². The summed E-state index contributed by atoms with van der Waals surface area (Å²) in [5, 5.41) is 8.77. The molecule has 1 aromatic carbocycles. The smallest absolute Gasteiger partial charge is 0.148 e. The standard InChI is InChI=1S/C14H15N3O/c1-10-12(9-15-14-7-8-17(2)16-14)11-5-3-4-6-13(11)18-10/h3-8H,9H2,1-2H3,(H,15,16). The third kappa shape index (κ3) is 1.86. The molecular weight excluding hydrogens is 226 g/mol. The number of hydrogen-bond donors (Lipinski definition) is 1. The van der Waals surface area contributed by atoms with E-state index < -0.39 is 0 Å². The molecule has 0 atom stereocenters. The van der Waals surface area contributed by atoms with E-state index in [-0.39, 0.29) is 0 Å². The number of hydrogen-bond acceptors (Lipinski definition) is 3. The van der Waals surface area contributed by atoms with Gasteiger partial charge in [-0.1, -0.05) is 18.2 Å². The molecule has 92 valence electrons. The van der Waals surface area contributed by atoms with Crippen LogP contribution in [-0.4, -0.2) is 9.78 Å². The predicted molar refractivity (Wildman–Crippen MR) is 71.5 cm³/mol. The van der Waals surface area contributed by atoms with Crippen molar-refractivity contribution in [1.29, 1.82) is 0 Å². The topological polar surface area (TPSA) is 43.0 Å². The van der Waals surface area contributed by atoms with Crippen LogP contribution in [0.2, 0.25) is 0 Å². The van der Waals surface area contributed by atoms with Crippen molar-refractivity contribution in [2.75, 3.05) is 5.32 Å². The Morgan fingerprint density at radius 1 is 1.28 bits per heavy atom. The minimum absolute atomic E-state index is 0.722. The monoisotopic (exact) mass is 241 g/mol. The van der Waals surface area contributed by atoms with E-state index in [4.69, 9.17) is 4.42 Å². The van der Waals surface area contributed by atoms with Crippen molar-refractivity contribution in [1.82, 2.24) is 9.78 Å². The zero-order valence-electron chi connectivity index (χ0n) is 10.5. The van der Waals surface area contributed by atoms with Crippen molar-refractivity contribution in [2.45, 2.75) is 13.5 Å². The van der Waals surface area contributed by atoms with Gasteiger partial charge in [0.2, 0.25) is 0 Å². The van der Waals surface area contributed by atoms with Gasteiger partial charge in [0.15, 0.2) is 0 Å². The molecule has 3 aromatic rings. The van der Waals surface area contributed by atoms with Crippen LogP contribution < -0.4 is 5.32 Å². The van der Waals surface area contributed by atoms with Gasteiger partial charge in [-0.15, -0.1) is 0 Å². The van der Waals surface area contributed by atoms with Crippen molar-refractivity contribution < 1.29 is 4.42 Å². The molecule has 2 aromatic heterocycles. The van der Waals surface area contributed by atoms with E-state index in [9.17, 15) is 0 Å². The molecular formula is C14H15N3O. The first-order chi connectivity index (χ1) is 8.74. The van der Waals surface area contributed by atoms with Crippen LogP contribution in [-0.2, 0) is 13.6 Å². The molecule has 2 heterocycles. The van der Waals surface area contributed by atoms with Gasteiger partial charge in [-0.3, -0.25) is 4.68 Å². The quantitative estimate of drug-likeness (QED) is 0.766. The van der Waals surface area contributed by atoms with Gasteiger partial charge in [0.05, 0.1) is 0 Å². The van der Waals surface area contributed by atoms with E-state index in [1.54, 1.807) is 4.68 Å². The largest absolute Gasteiger partial charge is 0.461 e. The Morgan fingerprint density at radius 2 is 2.11 bits per heavy atom. The molecule has 0 aliphatic rings. The average Bonchev–Trinajstić information content (AvgIpc) is 2.90. The molecule has 0 spiro atoms. The number of benzene rings is 1. The molecule has 4 nitrogen and oxygen atoms in total. The molecule has 0 saturated heterocycles. The third-order valence-corrected chi connectivity index (χ3v) is 3.06. The molecule has 4 heteroatoms. The van der Waals surface area contributed by atoms with Gasteiger partial charge in [-0.05, 0) is 13.0 Å². The maximum atomic E-state index is 5.73. The summed E-state index contributed by atoms with van der Waals surface area (Å²) in [6.07, 6.45) is 1.92. The Morgan fingerprint density at radius 3 is 2.89 bits per heavy atom. The molecule has 1 N–H and O–H groups in total. The van der Waals surface area contributed by atoms with Gasteiger partial charge in [-0.2, -0.15) is 5.10 Å². The molecule has 18 heavy (non-hydrogen) atoms. The van der Waals surface area contributed by atoms with Gasteiger partial charge >= 0.3 is 0 Å². The summed E-state index contributed by atoms with van der Waals surface area (Å²) in [6.45, 7) is 2.72. The second-order valence-electron chi connectivity index (χ2n) is 4.36. The molecule has 0 fully saturated rings. The van der Waals surface area contributed by atoms with Gasteiger partial charge < -0.3 is 9.73 Å². The van der Waals surface area contributed by atoms with Crippen LogP contribution in [0.5, 0.6) is 0 Å². The summed E-state index contributed by atoms with van der Waals surface area (Å²) in [4.78, 5) is 0. The Kier molecular flexibility index (Phi) is 2.55. The van der Waals surface area contributed by atoms with Crippen molar-refractivity contribution in [3.8, 4) is 0 Å². The highest BCUT2D eigenvalue weighted by molar-refractivity contribution is 5.82. The van der Waals surface area contributed by atoms with Crippen molar-refractivity contribution >= 4 is 16.8 Å². The molecule has 3 rings (SSSR count). The number of nitrogens with one attached hydrogen (secondary N) is 1. The summed E-state index contributed by atoms with van der Waals surface area (Å²) >= 11 is 0. The minimum Gasteiger partial charge on any atom is -0.461 e. The number of furan rings is 1. The summed E-state index contributed by atoms with van der Waals surface area (Å²) < 4.78 is 7.51. The minimum atomic E-state index is 0.722. The number of nitrogens with zero attached hydrogens (tertiary/aromatic N) is 2. The third-order valence-electron chi connectivity index (χ3n) is 3.06. The highest BCUT2D eigenvalue weighted by atomic mass is 16.3. The Labute approximate surface area is 105 Å². The molecule has 0 aliphatic heterocycles. The molecule has 0 aliphatic carbocycles. The van der Waals surface area contributed by atoms with Crippen LogP contribution in [0.3, 0.4) is 0 Å². The lowest BCUT2D eigenvalue weighted by Gasteiger charge is -2.02. The van der Waals surface area contributed by atoms with Crippen LogP contribution in [0, 0.1) is 6.92 Å². The molecule has 0 unspecified atom stereocenters. The Bertz CT molecular complexity index is 681. The summed E-state index contributed by atoms with van der Waals surface area (Å²) in [6, 6.07) is 10.0. The summed E-state index contributed by atoms with van der Waals surface area (Å²) in [5.41, 5.74) is 2.13. The second-order valence-corrected chi connectivity index (χ2v) is 4.36. The van der Waals surface area contributed by atoms with Crippen LogP contribution in [0.4, 0.5) is 5.82 Å². The lowest BCUT2D eigenvalue weighted by atomic mass is 10.1. The number of fused-ring (bicyclic) bond motifs is 1. The maximum absolute atomic E-state index is 5.73. The molecule has 0 bridgehead atoms. The highest BCUT2D eigenvalue weighted by Gasteiger charge is 2.10. The fraction of sp³-hybridized carbons (Fsp3) is 0.214. The first-order valence-electron chi connectivity index (χ1n) is 5.94. The SMILES string of the molecule is Cc1oc2ccccc2c1CNc1ccn(C)n1. The number of aromatic nitrogens is 2. The van der Waals surface area contributed by atoms with Crippen LogP contribution in [0.15, 0.2) is 40.9 Å². The van der Waals surface area contributed by atoms with E-state index in [0.717, 1.165) is 23.7 Å². The number of rotatable bonds is 3. The van der Waals surface area contributed by atoms with Gasteiger partial charge in [0.1, 0.15) is 17.2 Å². The fourth-order valence-electron chi connectivity index (χ4n) is 2.13. The number of anilines is 1.